The van der Waals surface area contributed by atoms with E-state index in [0.29, 0.717) is 0 Å². The van der Waals surface area contributed by atoms with Gasteiger partial charge in [0, 0.05) is 43.0 Å². The van der Waals surface area contributed by atoms with E-state index in [9.17, 15) is 0 Å². The minimum absolute atomic E-state index is 0.770. The molecule has 0 unspecified atom stereocenters. The summed E-state index contributed by atoms with van der Waals surface area (Å²) in [5.74, 6) is 1.80. The molecule has 0 saturated carbocycles. The zero-order valence-corrected chi connectivity index (χ0v) is 17.1. The molecular weight excluding hydrogens is 320 g/mol. The number of aryl methyl sites for hydroxylation is 1. The fraction of sp³-hybridized carbons (Fsp3) is 0.435. The minimum Gasteiger partial charge on any atom is -0.456 e. The van der Waals surface area contributed by atoms with Crippen LogP contribution >= 0.6 is 0 Å². The van der Waals surface area contributed by atoms with E-state index in [1.54, 1.807) is 0 Å². The summed E-state index contributed by atoms with van der Waals surface area (Å²) in [5, 5.41) is 0. The fourth-order valence-corrected chi connectivity index (χ4v) is 3.02. The summed E-state index contributed by atoms with van der Waals surface area (Å²) in [7, 11) is 0. The summed E-state index contributed by atoms with van der Waals surface area (Å²) in [6.07, 6.45) is 7.26. The predicted molar refractivity (Wildman–Crippen MR) is 114 cm³/mol. The Morgan fingerprint density at radius 1 is 1.08 bits per heavy atom. The lowest BCUT2D eigenvalue weighted by atomic mass is 9.99. The number of hydrogen-bond donors (Lipinski definition) is 0. The zero-order chi connectivity index (χ0) is 19.1. The normalized spacial score (nSPS) is 17.3. The average molecular weight is 353 g/mol. The van der Waals surface area contributed by atoms with Crippen LogP contribution in [-0.4, -0.2) is 25.3 Å². The first-order chi connectivity index (χ1) is 12.5. The SMILES string of the molecule is CCN=C1C=C/C(=C(/C)CC)C(Oc2cc(N(CC)CC)ccc2C)=C1. The molecule has 1 aliphatic rings. The molecule has 0 N–H and O–H groups in total. The van der Waals surface area contributed by atoms with Gasteiger partial charge in [0.05, 0.1) is 5.71 Å². The van der Waals surface area contributed by atoms with Crippen molar-refractivity contribution in [3.8, 4) is 5.75 Å². The molecule has 0 aromatic heterocycles. The first kappa shape index (κ1) is 20.0. The van der Waals surface area contributed by atoms with Crippen LogP contribution in [0.15, 0.2) is 58.3 Å². The van der Waals surface area contributed by atoms with E-state index in [-0.39, 0.29) is 0 Å². The molecule has 1 aromatic carbocycles. The molecule has 1 aliphatic carbocycles. The Kier molecular flexibility index (Phi) is 7.26. The van der Waals surface area contributed by atoms with Gasteiger partial charge < -0.3 is 9.64 Å². The lowest BCUT2D eigenvalue weighted by molar-refractivity contribution is 0.434. The fourth-order valence-electron chi connectivity index (χ4n) is 3.02. The highest BCUT2D eigenvalue weighted by Gasteiger charge is 2.15. The molecule has 0 heterocycles. The summed E-state index contributed by atoms with van der Waals surface area (Å²) in [4.78, 5) is 6.87. The summed E-state index contributed by atoms with van der Waals surface area (Å²) in [6, 6.07) is 6.46. The van der Waals surface area contributed by atoms with Gasteiger partial charge >= 0.3 is 0 Å². The molecule has 0 amide bonds. The topological polar surface area (TPSA) is 24.8 Å². The van der Waals surface area contributed by atoms with Gasteiger partial charge in [-0.25, -0.2) is 0 Å². The van der Waals surface area contributed by atoms with Crippen LogP contribution in [0.3, 0.4) is 0 Å². The summed E-state index contributed by atoms with van der Waals surface area (Å²) < 4.78 is 6.42. The Balaban J connectivity index is 2.43. The molecule has 1 aromatic rings. The summed E-state index contributed by atoms with van der Waals surface area (Å²) >= 11 is 0. The number of aliphatic imine (C=N–C) groups is 1. The maximum Gasteiger partial charge on any atom is 0.136 e. The van der Waals surface area contributed by atoms with Crippen molar-refractivity contribution in [2.75, 3.05) is 24.5 Å². The molecule has 0 radical (unpaired) electrons. The number of anilines is 1. The lowest BCUT2D eigenvalue weighted by Gasteiger charge is -2.23. The largest absolute Gasteiger partial charge is 0.456 e. The van der Waals surface area contributed by atoms with Gasteiger partial charge in [-0.05, 0) is 64.8 Å². The average Bonchev–Trinajstić information content (AvgIpc) is 2.65. The molecule has 0 atom stereocenters. The maximum absolute atomic E-state index is 6.42. The molecule has 0 spiro atoms. The van der Waals surface area contributed by atoms with Crippen LogP contribution in [0.5, 0.6) is 5.75 Å². The molecule has 3 nitrogen and oxygen atoms in total. The first-order valence-corrected chi connectivity index (χ1v) is 9.71. The first-order valence-electron chi connectivity index (χ1n) is 9.71. The van der Waals surface area contributed by atoms with Crippen molar-refractivity contribution in [3.63, 3.8) is 0 Å². The van der Waals surface area contributed by atoms with Crippen LogP contribution in [0.25, 0.3) is 0 Å². The van der Waals surface area contributed by atoms with Gasteiger partial charge in [0.1, 0.15) is 11.5 Å². The van der Waals surface area contributed by atoms with Crippen molar-refractivity contribution in [1.29, 1.82) is 0 Å². The molecule has 0 aliphatic heterocycles. The van der Waals surface area contributed by atoms with Gasteiger partial charge in [0.2, 0.25) is 0 Å². The molecule has 0 saturated heterocycles. The Bertz CT molecular complexity index is 749. The number of benzene rings is 1. The van der Waals surface area contributed by atoms with Crippen LogP contribution in [0.4, 0.5) is 5.69 Å². The van der Waals surface area contributed by atoms with Crippen molar-refractivity contribution >= 4 is 11.4 Å². The predicted octanol–water partition coefficient (Wildman–Crippen LogP) is 5.86. The number of allylic oxidation sites excluding steroid dienone is 4. The van der Waals surface area contributed by atoms with Crippen LogP contribution in [0.1, 0.15) is 46.6 Å². The van der Waals surface area contributed by atoms with Gasteiger partial charge in [-0.15, -0.1) is 0 Å². The molecular formula is C23H32N2O. The Hall–Kier alpha value is -2.29. The van der Waals surface area contributed by atoms with Crippen LogP contribution < -0.4 is 9.64 Å². The van der Waals surface area contributed by atoms with Crippen LogP contribution in [-0.2, 0) is 0 Å². The Morgan fingerprint density at radius 3 is 2.42 bits per heavy atom. The monoisotopic (exact) mass is 352 g/mol. The number of ether oxygens (including phenoxy) is 1. The van der Waals surface area contributed by atoms with E-state index in [4.69, 9.17) is 4.74 Å². The van der Waals surface area contributed by atoms with E-state index in [1.807, 2.05) is 0 Å². The molecule has 2 rings (SSSR count). The highest BCUT2D eigenvalue weighted by Crippen LogP contribution is 2.31. The third-order valence-electron chi connectivity index (χ3n) is 4.82. The van der Waals surface area contributed by atoms with Crippen molar-refractivity contribution < 1.29 is 4.74 Å². The Labute approximate surface area is 158 Å². The number of nitrogens with zero attached hydrogens (tertiary/aromatic N) is 2. The van der Waals surface area contributed by atoms with E-state index in [1.165, 1.54) is 11.3 Å². The summed E-state index contributed by atoms with van der Waals surface area (Å²) in [5.41, 5.74) is 5.78. The van der Waals surface area contributed by atoms with Crippen LogP contribution in [0, 0.1) is 6.92 Å². The smallest absolute Gasteiger partial charge is 0.136 e. The van der Waals surface area contributed by atoms with Crippen molar-refractivity contribution in [1.82, 2.24) is 0 Å². The van der Waals surface area contributed by atoms with E-state index in [0.717, 1.165) is 54.4 Å². The third-order valence-corrected chi connectivity index (χ3v) is 4.82. The van der Waals surface area contributed by atoms with Crippen molar-refractivity contribution in [2.45, 2.75) is 48.0 Å². The van der Waals surface area contributed by atoms with E-state index in [2.05, 4.69) is 87.9 Å². The number of hydrogen-bond acceptors (Lipinski definition) is 3. The zero-order valence-electron chi connectivity index (χ0n) is 17.1. The van der Waals surface area contributed by atoms with Gasteiger partial charge in [-0.1, -0.05) is 18.6 Å². The molecule has 0 fully saturated rings. The number of rotatable bonds is 7. The molecule has 26 heavy (non-hydrogen) atoms. The lowest BCUT2D eigenvalue weighted by Crippen LogP contribution is -2.21. The minimum atomic E-state index is 0.770. The van der Waals surface area contributed by atoms with Gasteiger partial charge in [-0.3, -0.25) is 4.99 Å². The Morgan fingerprint density at radius 2 is 1.81 bits per heavy atom. The quantitative estimate of drug-likeness (QED) is 0.614. The highest BCUT2D eigenvalue weighted by molar-refractivity contribution is 6.06. The maximum atomic E-state index is 6.42. The van der Waals surface area contributed by atoms with Gasteiger partial charge in [-0.2, -0.15) is 0 Å². The van der Waals surface area contributed by atoms with Gasteiger partial charge in [0.25, 0.3) is 0 Å². The highest BCUT2D eigenvalue weighted by atomic mass is 16.5. The van der Waals surface area contributed by atoms with Crippen LogP contribution in [0.2, 0.25) is 0 Å². The second-order valence-electron chi connectivity index (χ2n) is 6.51. The van der Waals surface area contributed by atoms with Crippen molar-refractivity contribution in [2.24, 2.45) is 4.99 Å². The summed E-state index contributed by atoms with van der Waals surface area (Å²) in [6.45, 7) is 15.6. The molecule has 140 valence electrons. The molecule has 0 bridgehead atoms. The standard InChI is InChI=1S/C23H32N2O/c1-7-17(5)21-14-12-19(24-8-2)15-23(21)26-22-16-20(13-11-18(22)6)25(9-3)10-4/h11-16H,7-10H2,1-6H3/b21-17+,24-19?. The van der Waals surface area contributed by atoms with Gasteiger partial charge in [0.15, 0.2) is 0 Å². The van der Waals surface area contributed by atoms with E-state index >= 15 is 0 Å². The second kappa shape index (κ2) is 9.42. The van der Waals surface area contributed by atoms with E-state index < -0.39 is 0 Å². The second-order valence-corrected chi connectivity index (χ2v) is 6.51. The third kappa shape index (κ3) is 4.66. The van der Waals surface area contributed by atoms with Crippen molar-refractivity contribution in [3.05, 3.63) is 58.9 Å². The molecule has 3 heteroatoms.